The number of nitrogens with zero attached hydrogens (tertiary/aromatic N) is 2. The molecule has 2 aromatic rings. The molecule has 0 spiro atoms. The Bertz CT molecular complexity index is 510. The first kappa shape index (κ1) is 10.6. The van der Waals surface area contributed by atoms with Gasteiger partial charge in [0.15, 0.2) is 0 Å². The zero-order valence-electron chi connectivity index (χ0n) is 8.60. The van der Waals surface area contributed by atoms with Crippen LogP contribution in [0.2, 0.25) is 0 Å². The lowest BCUT2D eigenvalue weighted by molar-refractivity contribution is 0.102. The number of nitrogens with one attached hydrogen (secondary N) is 1. The van der Waals surface area contributed by atoms with Crippen LogP contribution in [0.3, 0.4) is 0 Å². The van der Waals surface area contributed by atoms with Crippen LogP contribution in [-0.4, -0.2) is 15.5 Å². The van der Waals surface area contributed by atoms with E-state index in [-0.39, 0.29) is 5.91 Å². The van der Waals surface area contributed by atoms with Gasteiger partial charge in [-0.3, -0.25) is 4.79 Å². The van der Waals surface area contributed by atoms with E-state index in [0.29, 0.717) is 16.3 Å². The van der Waals surface area contributed by atoms with E-state index < -0.39 is 0 Å². The average molecular weight is 234 g/mol. The number of nitrogens with two attached hydrogens (primary N) is 1. The Morgan fingerprint density at radius 2 is 2.31 bits per heavy atom. The Labute approximate surface area is 96.5 Å². The summed E-state index contributed by atoms with van der Waals surface area (Å²) >= 11 is 1.12. The van der Waals surface area contributed by atoms with Crippen LogP contribution in [0.15, 0.2) is 24.4 Å². The van der Waals surface area contributed by atoms with Gasteiger partial charge in [0.25, 0.3) is 5.91 Å². The number of anilines is 2. The third-order valence-electron chi connectivity index (χ3n) is 2.17. The highest BCUT2D eigenvalue weighted by Gasteiger charge is 2.11. The van der Waals surface area contributed by atoms with Crippen LogP contribution in [0.25, 0.3) is 0 Å². The molecule has 0 aliphatic heterocycles. The Morgan fingerprint density at radius 3 is 3.00 bits per heavy atom. The Kier molecular flexibility index (Phi) is 2.82. The van der Waals surface area contributed by atoms with E-state index in [1.165, 1.54) is 6.20 Å². The molecule has 1 heterocycles. The van der Waals surface area contributed by atoms with Gasteiger partial charge in [-0.1, -0.05) is 16.6 Å². The summed E-state index contributed by atoms with van der Waals surface area (Å²) in [5.74, 6) is -0.243. The Balaban J connectivity index is 2.24. The van der Waals surface area contributed by atoms with E-state index in [2.05, 4.69) is 14.9 Å². The van der Waals surface area contributed by atoms with Gasteiger partial charge in [-0.15, -0.1) is 5.10 Å². The van der Waals surface area contributed by atoms with Crippen molar-refractivity contribution in [1.82, 2.24) is 9.59 Å². The predicted octanol–water partition coefficient (Wildman–Crippen LogP) is 1.68. The minimum Gasteiger partial charge on any atom is -0.398 e. The summed E-state index contributed by atoms with van der Waals surface area (Å²) in [5.41, 5.74) is 7.67. The first-order valence-electron chi connectivity index (χ1n) is 4.62. The van der Waals surface area contributed by atoms with Crippen LogP contribution in [0.4, 0.5) is 10.7 Å². The molecule has 6 heteroatoms. The summed E-state index contributed by atoms with van der Waals surface area (Å²) in [4.78, 5) is 11.8. The van der Waals surface area contributed by atoms with Gasteiger partial charge in [0.2, 0.25) is 0 Å². The fraction of sp³-hybridized carbons (Fsp3) is 0.100. The average Bonchev–Trinajstić information content (AvgIpc) is 2.74. The summed E-state index contributed by atoms with van der Waals surface area (Å²) in [6.45, 7) is 1.86. The van der Waals surface area contributed by atoms with Crippen LogP contribution >= 0.6 is 11.5 Å². The third kappa shape index (κ3) is 2.01. The molecule has 0 aliphatic carbocycles. The van der Waals surface area contributed by atoms with E-state index in [1.807, 2.05) is 13.0 Å². The molecule has 0 unspecified atom stereocenters. The van der Waals surface area contributed by atoms with Crippen LogP contribution in [0.1, 0.15) is 15.9 Å². The molecule has 0 radical (unpaired) electrons. The lowest BCUT2D eigenvalue weighted by Crippen LogP contribution is -2.13. The smallest absolute Gasteiger partial charge is 0.258 e. The number of carbonyl (C=O) groups is 1. The zero-order chi connectivity index (χ0) is 11.5. The number of amides is 1. The summed E-state index contributed by atoms with van der Waals surface area (Å²) < 4.78 is 3.65. The van der Waals surface area contributed by atoms with Crippen LogP contribution in [-0.2, 0) is 0 Å². The standard InChI is InChI=1S/C10H10N4OS/c1-6-3-2-4-7(9(6)11)10(15)13-8-5-12-14-16-8/h2-5H,11H2,1H3,(H,13,15). The third-order valence-corrected chi connectivity index (χ3v) is 2.75. The van der Waals surface area contributed by atoms with E-state index in [9.17, 15) is 4.79 Å². The number of para-hydroxylation sites is 1. The Morgan fingerprint density at radius 1 is 1.50 bits per heavy atom. The van der Waals surface area contributed by atoms with Gasteiger partial charge in [-0.25, -0.2) is 0 Å². The molecule has 16 heavy (non-hydrogen) atoms. The van der Waals surface area contributed by atoms with Gasteiger partial charge >= 0.3 is 0 Å². The van der Waals surface area contributed by atoms with Crippen molar-refractivity contribution < 1.29 is 4.79 Å². The van der Waals surface area contributed by atoms with Crippen molar-refractivity contribution in [2.24, 2.45) is 0 Å². The van der Waals surface area contributed by atoms with Crippen molar-refractivity contribution in [1.29, 1.82) is 0 Å². The van der Waals surface area contributed by atoms with Crippen molar-refractivity contribution in [2.75, 3.05) is 11.1 Å². The van der Waals surface area contributed by atoms with E-state index >= 15 is 0 Å². The maximum Gasteiger partial charge on any atom is 0.258 e. The van der Waals surface area contributed by atoms with Crippen LogP contribution in [0, 0.1) is 6.92 Å². The molecule has 0 saturated heterocycles. The first-order chi connectivity index (χ1) is 7.68. The zero-order valence-corrected chi connectivity index (χ0v) is 9.41. The van der Waals surface area contributed by atoms with Crippen LogP contribution in [0.5, 0.6) is 0 Å². The molecule has 1 aromatic heterocycles. The molecular weight excluding hydrogens is 224 g/mol. The molecule has 0 fully saturated rings. The number of nitrogen functional groups attached to an aromatic ring is 1. The van der Waals surface area contributed by atoms with Gasteiger partial charge in [-0.05, 0) is 18.6 Å². The highest BCUT2D eigenvalue weighted by Crippen LogP contribution is 2.18. The second-order valence-corrected chi connectivity index (χ2v) is 4.06. The molecule has 1 amide bonds. The topological polar surface area (TPSA) is 80.9 Å². The summed E-state index contributed by atoms with van der Waals surface area (Å²) in [5, 5.41) is 6.91. The lowest BCUT2D eigenvalue weighted by Gasteiger charge is -2.07. The number of hydrogen-bond donors (Lipinski definition) is 2. The second kappa shape index (κ2) is 4.28. The Hall–Kier alpha value is -1.95. The lowest BCUT2D eigenvalue weighted by atomic mass is 10.1. The minimum absolute atomic E-state index is 0.243. The fourth-order valence-electron chi connectivity index (χ4n) is 1.28. The molecule has 2 rings (SSSR count). The van der Waals surface area contributed by atoms with Crippen molar-refractivity contribution in [3.05, 3.63) is 35.5 Å². The second-order valence-electron chi connectivity index (χ2n) is 3.27. The number of hydrogen-bond acceptors (Lipinski definition) is 5. The van der Waals surface area contributed by atoms with E-state index in [1.54, 1.807) is 12.1 Å². The molecule has 0 aliphatic rings. The van der Waals surface area contributed by atoms with Gasteiger partial charge < -0.3 is 11.1 Å². The van der Waals surface area contributed by atoms with Crippen LogP contribution < -0.4 is 11.1 Å². The first-order valence-corrected chi connectivity index (χ1v) is 5.39. The number of aromatic nitrogens is 2. The summed E-state index contributed by atoms with van der Waals surface area (Å²) in [6, 6.07) is 5.35. The van der Waals surface area contributed by atoms with E-state index in [0.717, 1.165) is 17.1 Å². The number of rotatable bonds is 2. The molecule has 0 atom stereocenters. The quantitative estimate of drug-likeness (QED) is 0.775. The van der Waals surface area contributed by atoms with E-state index in [4.69, 9.17) is 5.73 Å². The molecule has 0 saturated carbocycles. The minimum atomic E-state index is -0.243. The highest BCUT2D eigenvalue weighted by atomic mass is 32.1. The molecule has 3 N–H and O–H groups in total. The molecule has 5 nitrogen and oxygen atoms in total. The van der Waals surface area contributed by atoms with Gasteiger partial charge in [0.05, 0.1) is 11.8 Å². The van der Waals surface area contributed by atoms with Crippen molar-refractivity contribution in [2.45, 2.75) is 6.92 Å². The summed E-state index contributed by atoms with van der Waals surface area (Å²) in [7, 11) is 0. The maximum absolute atomic E-state index is 11.8. The normalized spacial score (nSPS) is 10.1. The summed E-state index contributed by atoms with van der Waals surface area (Å²) in [6.07, 6.45) is 1.49. The van der Waals surface area contributed by atoms with Crippen molar-refractivity contribution in [3.8, 4) is 0 Å². The SMILES string of the molecule is Cc1cccc(C(=O)Nc2cnns2)c1N. The van der Waals surface area contributed by atoms with Gasteiger partial charge in [-0.2, -0.15) is 0 Å². The largest absolute Gasteiger partial charge is 0.398 e. The number of carbonyl (C=O) groups excluding carboxylic acids is 1. The number of benzene rings is 1. The molecule has 0 bridgehead atoms. The molecular formula is C10H10N4OS. The maximum atomic E-state index is 11.8. The van der Waals surface area contributed by atoms with Crippen molar-refractivity contribution in [3.63, 3.8) is 0 Å². The molecule has 1 aromatic carbocycles. The van der Waals surface area contributed by atoms with Crippen molar-refractivity contribution >= 4 is 28.1 Å². The fourth-order valence-corrected chi connectivity index (χ4v) is 1.69. The van der Waals surface area contributed by atoms with Gasteiger partial charge in [0.1, 0.15) is 5.00 Å². The number of aryl methyl sites for hydroxylation is 1. The highest BCUT2D eigenvalue weighted by molar-refractivity contribution is 7.10. The molecule has 82 valence electrons. The van der Waals surface area contributed by atoms with Gasteiger partial charge in [0, 0.05) is 17.2 Å². The monoisotopic (exact) mass is 234 g/mol. The predicted molar refractivity (Wildman–Crippen MR) is 63.5 cm³/mol.